The highest BCUT2D eigenvalue weighted by Crippen LogP contribution is 2.22. The van der Waals surface area contributed by atoms with E-state index in [0.717, 1.165) is 5.56 Å². The summed E-state index contributed by atoms with van der Waals surface area (Å²) in [6.45, 7) is 6.07. The van der Waals surface area contributed by atoms with E-state index in [1.54, 1.807) is 0 Å². The zero-order chi connectivity index (χ0) is 12.5. The molecule has 0 unspecified atom stereocenters. The fraction of sp³-hybridized carbons (Fsp3) is 0.500. The van der Waals surface area contributed by atoms with E-state index in [-0.39, 0.29) is 5.97 Å². The van der Waals surface area contributed by atoms with Crippen LogP contribution >= 0.6 is 0 Å². The van der Waals surface area contributed by atoms with Crippen molar-refractivity contribution in [2.45, 2.75) is 45.5 Å². The fourth-order valence-electron chi connectivity index (χ4n) is 1.87. The van der Waals surface area contributed by atoms with Gasteiger partial charge in [0.05, 0.1) is 6.61 Å². The Morgan fingerprint density at radius 1 is 1.29 bits per heavy atom. The van der Waals surface area contributed by atoms with Crippen molar-refractivity contribution in [2.75, 3.05) is 0 Å². The number of carbonyl (C=O) groups excluding carboxylic acids is 1. The average Bonchev–Trinajstić information content (AvgIpc) is 2.26. The summed E-state index contributed by atoms with van der Waals surface area (Å²) in [4.78, 5) is 11.9. The van der Waals surface area contributed by atoms with Crippen LogP contribution in [0.2, 0.25) is 0 Å². The lowest BCUT2D eigenvalue weighted by Crippen LogP contribution is -2.36. The van der Waals surface area contributed by atoms with Gasteiger partial charge in [-0.15, -0.1) is 0 Å². The summed E-state index contributed by atoms with van der Waals surface area (Å²) in [5.41, 5.74) is 1.87. The fourth-order valence-corrected chi connectivity index (χ4v) is 1.87. The van der Waals surface area contributed by atoms with Gasteiger partial charge in [0, 0.05) is 6.42 Å². The van der Waals surface area contributed by atoms with Crippen LogP contribution in [0.15, 0.2) is 24.3 Å². The van der Waals surface area contributed by atoms with E-state index in [2.05, 4.69) is 0 Å². The summed E-state index contributed by atoms with van der Waals surface area (Å²) in [5, 5.41) is 0. The number of rotatable bonds is 1. The molecule has 0 saturated heterocycles. The number of esters is 1. The number of hydrogen-bond donors (Lipinski definition) is 0. The molecule has 0 amide bonds. The molecule has 3 heteroatoms. The lowest BCUT2D eigenvalue weighted by atomic mass is 9.99. The first-order chi connectivity index (χ1) is 7.96. The third-order valence-electron chi connectivity index (χ3n) is 2.63. The van der Waals surface area contributed by atoms with Crippen molar-refractivity contribution in [2.24, 2.45) is 0 Å². The van der Waals surface area contributed by atoms with Crippen LogP contribution < -0.4 is 0 Å². The first kappa shape index (κ1) is 12.1. The Morgan fingerprint density at radius 3 is 2.59 bits per heavy atom. The third-order valence-corrected chi connectivity index (χ3v) is 2.63. The van der Waals surface area contributed by atoms with Gasteiger partial charge in [-0.05, 0) is 31.9 Å². The van der Waals surface area contributed by atoms with Crippen molar-refractivity contribution in [3.63, 3.8) is 0 Å². The molecule has 1 heterocycles. The normalized spacial score (nSPS) is 19.6. The molecule has 92 valence electrons. The summed E-state index contributed by atoms with van der Waals surface area (Å²) in [7, 11) is 0. The topological polar surface area (TPSA) is 35.5 Å². The van der Waals surface area contributed by atoms with Gasteiger partial charge in [0.25, 0.3) is 0 Å². The lowest BCUT2D eigenvalue weighted by molar-refractivity contribution is -0.170. The van der Waals surface area contributed by atoms with Crippen LogP contribution in [0, 0.1) is 0 Å². The molecule has 17 heavy (non-hydrogen) atoms. The van der Waals surface area contributed by atoms with Crippen molar-refractivity contribution in [1.82, 2.24) is 0 Å². The van der Waals surface area contributed by atoms with E-state index in [0.29, 0.717) is 13.0 Å². The highest BCUT2D eigenvalue weighted by molar-refractivity contribution is 5.76. The Balaban J connectivity index is 2.05. The minimum Gasteiger partial charge on any atom is -0.458 e. The van der Waals surface area contributed by atoms with Gasteiger partial charge in [-0.3, -0.25) is 0 Å². The molecule has 0 bridgehead atoms. The second kappa shape index (κ2) is 4.49. The van der Waals surface area contributed by atoms with E-state index in [4.69, 9.17) is 9.47 Å². The smallest absolute Gasteiger partial charge is 0.336 e. The van der Waals surface area contributed by atoms with Crippen molar-refractivity contribution in [3.8, 4) is 0 Å². The molecule has 0 spiro atoms. The summed E-state index contributed by atoms with van der Waals surface area (Å²) < 4.78 is 10.9. The third kappa shape index (κ3) is 3.07. The van der Waals surface area contributed by atoms with Crippen molar-refractivity contribution in [1.29, 1.82) is 0 Å². The van der Waals surface area contributed by atoms with Gasteiger partial charge in [-0.25, -0.2) is 4.79 Å². The predicted octanol–water partition coefficient (Wildman–Crippen LogP) is 2.47. The molecule has 0 N–H and O–H groups in total. The molecule has 1 atom stereocenters. The SMILES string of the molecule is CC(C)(C)OC(=O)[C@H]1Cc2ccccc2CO1. The lowest BCUT2D eigenvalue weighted by Gasteiger charge is -2.27. The van der Waals surface area contributed by atoms with Gasteiger partial charge in [0.15, 0.2) is 6.10 Å². The quantitative estimate of drug-likeness (QED) is 0.700. The number of benzene rings is 1. The molecule has 2 rings (SSSR count). The van der Waals surface area contributed by atoms with E-state index in [1.807, 2.05) is 45.0 Å². The van der Waals surface area contributed by atoms with Crippen LogP contribution in [0.3, 0.4) is 0 Å². The Hall–Kier alpha value is -1.35. The molecule has 0 aliphatic carbocycles. The first-order valence-corrected chi connectivity index (χ1v) is 5.87. The number of carbonyl (C=O) groups is 1. The molecule has 3 nitrogen and oxygen atoms in total. The highest BCUT2D eigenvalue weighted by atomic mass is 16.6. The summed E-state index contributed by atoms with van der Waals surface area (Å²) in [5.74, 6) is -0.271. The van der Waals surface area contributed by atoms with Gasteiger partial charge in [0.1, 0.15) is 5.60 Å². The Labute approximate surface area is 102 Å². The number of hydrogen-bond acceptors (Lipinski definition) is 3. The van der Waals surface area contributed by atoms with Crippen LogP contribution in [0.5, 0.6) is 0 Å². The molecule has 1 aromatic carbocycles. The largest absolute Gasteiger partial charge is 0.458 e. The van der Waals surface area contributed by atoms with E-state index >= 15 is 0 Å². The zero-order valence-corrected chi connectivity index (χ0v) is 10.5. The van der Waals surface area contributed by atoms with Crippen LogP contribution in [0.25, 0.3) is 0 Å². The number of fused-ring (bicyclic) bond motifs is 1. The molecule has 1 aliphatic heterocycles. The van der Waals surface area contributed by atoms with Gasteiger partial charge in [-0.1, -0.05) is 24.3 Å². The molecule has 0 aromatic heterocycles. The molecule has 0 fully saturated rings. The molecular formula is C14H18O3. The van der Waals surface area contributed by atoms with E-state index in [9.17, 15) is 4.79 Å². The summed E-state index contributed by atoms with van der Waals surface area (Å²) in [6.07, 6.45) is 0.134. The first-order valence-electron chi connectivity index (χ1n) is 5.87. The van der Waals surface area contributed by atoms with Crippen LogP contribution in [0.4, 0.5) is 0 Å². The molecule has 1 aromatic rings. The standard InChI is InChI=1S/C14H18O3/c1-14(2,3)17-13(15)12-8-10-6-4-5-7-11(10)9-16-12/h4-7,12H,8-9H2,1-3H3/t12-/m1/s1. The monoisotopic (exact) mass is 234 g/mol. The van der Waals surface area contributed by atoms with E-state index in [1.165, 1.54) is 5.56 Å². The van der Waals surface area contributed by atoms with Crippen LogP contribution in [0.1, 0.15) is 31.9 Å². The average molecular weight is 234 g/mol. The highest BCUT2D eigenvalue weighted by Gasteiger charge is 2.29. The maximum Gasteiger partial charge on any atom is 0.336 e. The summed E-state index contributed by atoms with van der Waals surface area (Å²) >= 11 is 0. The second-order valence-corrected chi connectivity index (χ2v) is 5.31. The van der Waals surface area contributed by atoms with Gasteiger partial charge >= 0.3 is 5.97 Å². The van der Waals surface area contributed by atoms with Crippen LogP contribution in [-0.4, -0.2) is 17.7 Å². The molecule has 0 radical (unpaired) electrons. The Morgan fingerprint density at radius 2 is 1.94 bits per heavy atom. The van der Waals surface area contributed by atoms with Gasteiger partial charge in [0.2, 0.25) is 0 Å². The van der Waals surface area contributed by atoms with E-state index < -0.39 is 11.7 Å². The minimum atomic E-state index is -0.468. The van der Waals surface area contributed by atoms with Crippen LogP contribution in [-0.2, 0) is 27.3 Å². The van der Waals surface area contributed by atoms with Crippen molar-refractivity contribution < 1.29 is 14.3 Å². The predicted molar refractivity (Wildman–Crippen MR) is 64.6 cm³/mol. The second-order valence-electron chi connectivity index (χ2n) is 5.31. The Kier molecular flexibility index (Phi) is 3.20. The van der Waals surface area contributed by atoms with Gasteiger partial charge < -0.3 is 9.47 Å². The summed E-state index contributed by atoms with van der Waals surface area (Å²) in [6, 6.07) is 8.03. The minimum absolute atomic E-state index is 0.271. The zero-order valence-electron chi connectivity index (χ0n) is 10.5. The molecule has 1 aliphatic rings. The number of ether oxygens (including phenoxy) is 2. The van der Waals surface area contributed by atoms with Crippen molar-refractivity contribution >= 4 is 5.97 Å². The maximum atomic E-state index is 11.9. The van der Waals surface area contributed by atoms with Crippen molar-refractivity contribution in [3.05, 3.63) is 35.4 Å². The Bertz CT molecular complexity index is 418. The molecular weight excluding hydrogens is 216 g/mol. The molecule has 0 saturated carbocycles. The maximum absolute atomic E-state index is 11.9. The van der Waals surface area contributed by atoms with Gasteiger partial charge in [-0.2, -0.15) is 0 Å².